The van der Waals surface area contributed by atoms with Gasteiger partial charge >= 0.3 is 0 Å². The molecule has 2 saturated heterocycles. The highest BCUT2D eigenvalue weighted by Gasteiger charge is 2.57. The Bertz CT molecular complexity index is 1260. The fraction of sp³-hybridized carbons (Fsp3) is 0.348. The molecule has 2 aliphatic heterocycles. The summed E-state index contributed by atoms with van der Waals surface area (Å²) in [6.07, 6.45) is -2.13. The molecule has 0 unspecified atom stereocenters. The van der Waals surface area contributed by atoms with Crippen LogP contribution in [0.4, 0.5) is 0 Å². The molecule has 0 saturated carbocycles. The van der Waals surface area contributed by atoms with Crippen molar-refractivity contribution >= 4 is 11.3 Å². The van der Waals surface area contributed by atoms with Crippen LogP contribution in [-0.4, -0.2) is 54.7 Å². The number of hydrogen-bond donors (Lipinski definition) is 0. The number of rotatable bonds is 6. The van der Waals surface area contributed by atoms with Gasteiger partial charge in [0, 0.05) is 5.56 Å². The summed E-state index contributed by atoms with van der Waals surface area (Å²) in [6.45, 7) is 4.10. The number of nitrogens with zero attached hydrogens (tertiary/aromatic N) is 6. The van der Waals surface area contributed by atoms with E-state index >= 15 is 0 Å². The Morgan fingerprint density at radius 1 is 0.971 bits per heavy atom. The van der Waals surface area contributed by atoms with E-state index in [4.69, 9.17) is 18.9 Å². The van der Waals surface area contributed by atoms with Gasteiger partial charge in [0.25, 0.3) is 0 Å². The lowest BCUT2D eigenvalue weighted by Gasteiger charge is -2.25. The molecule has 0 aliphatic carbocycles. The standard InChI is InChI=1S/C23H22N6O4S/c1-23(2)32-18-16(30-13-14-9-5-3-6-10-14)17(31-21(18)33-23)19-24-27-28-29(19)22-26-25-20(34-22)15-11-7-4-8-12-15/h3-12,16-18,21H,13H2,1-2H3/t16-,17-,18+,21+/m0/s1. The Morgan fingerprint density at radius 2 is 1.74 bits per heavy atom. The Balaban J connectivity index is 1.30. The van der Waals surface area contributed by atoms with Crippen LogP contribution in [-0.2, 0) is 25.6 Å². The van der Waals surface area contributed by atoms with Gasteiger partial charge in [-0.2, -0.15) is 4.68 Å². The van der Waals surface area contributed by atoms with Gasteiger partial charge in [-0.1, -0.05) is 72.0 Å². The Labute approximate surface area is 199 Å². The van der Waals surface area contributed by atoms with E-state index in [2.05, 4.69) is 25.7 Å². The minimum Gasteiger partial charge on any atom is -0.367 e. The summed E-state index contributed by atoms with van der Waals surface area (Å²) in [5, 5.41) is 22.2. The molecule has 4 heterocycles. The molecular formula is C23H22N6O4S. The number of fused-ring (bicyclic) bond motifs is 1. The average Bonchev–Trinajstić information content (AvgIpc) is 3.61. The Hall–Kier alpha value is -3.09. The van der Waals surface area contributed by atoms with Crippen LogP contribution in [0.15, 0.2) is 60.7 Å². The lowest BCUT2D eigenvalue weighted by atomic mass is 10.1. The Kier molecular flexibility index (Phi) is 5.42. The van der Waals surface area contributed by atoms with Gasteiger partial charge in [-0.15, -0.1) is 15.3 Å². The Morgan fingerprint density at radius 3 is 2.53 bits per heavy atom. The topological polar surface area (TPSA) is 106 Å². The zero-order valence-electron chi connectivity index (χ0n) is 18.5. The maximum atomic E-state index is 6.33. The second-order valence-electron chi connectivity index (χ2n) is 8.49. The maximum absolute atomic E-state index is 6.33. The predicted molar refractivity (Wildman–Crippen MR) is 121 cm³/mol. The molecule has 0 bridgehead atoms. The second-order valence-corrected chi connectivity index (χ2v) is 9.45. The van der Waals surface area contributed by atoms with Crippen molar-refractivity contribution in [3.05, 3.63) is 72.1 Å². The van der Waals surface area contributed by atoms with Crippen molar-refractivity contribution in [3.8, 4) is 15.7 Å². The summed E-state index contributed by atoms with van der Waals surface area (Å²) in [5.74, 6) is -0.321. The zero-order valence-corrected chi connectivity index (χ0v) is 19.3. The van der Waals surface area contributed by atoms with Crippen LogP contribution in [0.3, 0.4) is 0 Å². The summed E-state index contributed by atoms with van der Waals surface area (Å²) in [7, 11) is 0. The fourth-order valence-electron chi connectivity index (χ4n) is 4.14. The molecule has 0 N–H and O–H groups in total. The van der Waals surface area contributed by atoms with E-state index in [-0.39, 0.29) is 0 Å². The molecule has 2 aliphatic rings. The summed E-state index contributed by atoms with van der Waals surface area (Å²) in [5.41, 5.74) is 2.01. The van der Waals surface area contributed by atoms with Crippen LogP contribution in [0, 0.1) is 0 Å². The molecule has 2 aromatic heterocycles. The van der Waals surface area contributed by atoms with Gasteiger partial charge in [-0.3, -0.25) is 0 Å². The van der Waals surface area contributed by atoms with Crippen LogP contribution < -0.4 is 0 Å². The molecule has 0 spiro atoms. The van der Waals surface area contributed by atoms with Crippen molar-refractivity contribution in [1.82, 2.24) is 30.4 Å². The van der Waals surface area contributed by atoms with E-state index < -0.39 is 30.4 Å². The molecule has 0 radical (unpaired) electrons. The smallest absolute Gasteiger partial charge is 0.236 e. The molecule has 4 atom stereocenters. The van der Waals surface area contributed by atoms with E-state index in [1.54, 1.807) is 4.68 Å². The summed E-state index contributed by atoms with van der Waals surface area (Å²) in [4.78, 5) is 0. The normalized spacial score (nSPS) is 25.5. The lowest BCUT2D eigenvalue weighted by Crippen LogP contribution is -2.34. The van der Waals surface area contributed by atoms with Crippen LogP contribution in [0.25, 0.3) is 15.7 Å². The van der Waals surface area contributed by atoms with Gasteiger partial charge in [0.15, 0.2) is 24.0 Å². The molecule has 2 fully saturated rings. The molecule has 4 aromatic rings. The van der Waals surface area contributed by atoms with Gasteiger partial charge in [0.2, 0.25) is 5.13 Å². The van der Waals surface area contributed by atoms with Crippen molar-refractivity contribution in [2.24, 2.45) is 0 Å². The fourth-order valence-corrected chi connectivity index (χ4v) is 4.95. The minimum atomic E-state index is -0.773. The van der Waals surface area contributed by atoms with E-state index in [0.29, 0.717) is 17.6 Å². The maximum Gasteiger partial charge on any atom is 0.236 e. The van der Waals surface area contributed by atoms with Crippen molar-refractivity contribution < 1.29 is 18.9 Å². The number of aromatic nitrogens is 6. The third kappa shape index (κ3) is 4.01. The van der Waals surface area contributed by atoms with Crippen molar-refractivity contribution in [3.63, 3.8) is 0 Å². The monoisotopic (exact) mass is 478 g/mol. The highest BCUT2D eigenvalue weighted by Crippen LogP contribution is 2.44. The summed E-state index contributed by atoms with van der Waals surface area (Å²) < 4.78 is 26.2. The van der Waals surface area contributed by atoms with Gasteiger partial charge in [-0.25, -0.2) is 0 Å². The summed E-state index contributed by atoms with van der Waals surface area (Å²) >= 11 is 1.39. The van der Waals surface area contributed by atoms with E-state index in [1.807, 2.05) is 74.5 Å². The number of tetrazole rings is 1. The third-order valence-electron chi connectivity index (χ3n) is 5.64. The minimum absolute atomic E-state index is 0.386. The highest BCUT2D eigenvalue weighted by atomic mass is 32.1. The number of ether oxygens (including phenoxy) is 4. The molecule has 34 heavy (non-hydrogen) atoms. The van der Waals surface area contributed by atoms with Crippen molar-refractivity contribution in [1.29, 1.82) is 0 Å². The van der Waals surface area contributed by atoms with E-state index in [9.17, 15) is 0 Å². The molecule has 2 aromatic carbocycles. The van der Waals surface area contributed by atoms with Gasteiger partial charge < -0.3 is 18.9 Å². The van der Waals surface area contributed by atoms with E-state index in [0.717, 1.165) is 16.1 Å². The lowest BCUT2D eigenvalue weighted by molar-refractivity contribution is -0.221. The second kappa shape index (κ2) is 8.60. The first-order valence-corrected chi connectivity index (χ1v) is 11.7. The third-order valence-corrected chi connectivity index (χ3v) is 6.59. The molecule has 6 rings (SSSR count). The van der Waals surface area contributed by atoms with Crippen LogP contribution >= 0.6 is 11.3 Å². The van der Waals surface area contributed by atoms with Gasteiger partial charge in [0.05, 0.1) is 6.61 Å². The predicted octanol–water partition coefficient (Wildman–Crippen LogP) is 3.32. The molecule has 10 nitrogen and oxygen atoms in total. The van der Waals surface area contributed by atoms with Crippen LogP contribution in [0.2, 0.25) is 0 Å². The average molecular weight is 479 g/mol. The van der Waals surface area contributed by atoms with Crippen molar-refractivity contribution in [2.45, 2.75) is 50.8 Å². The molecular weight excluding hydrogens is 456 g/mol. The first-order chi connectivity index (χ1) is 16.6. The quantitative estimate of drug-likeness (QED) is 0.412. The van der Waals surface area contributed by atoms with Gasteiger partial charge in [-0.05, 0) is 29.8 Å². The van der Waals surface area contributed by atoms with Crippen LogP contribution in [0.5, 0.6) is 0 Å². The highest BCUT2D eigenvalue weighted by molar-refractivity contribution is 7.17. The number of benzene rings is 2. The van der Waals surface area contributed by atoms with Gasteiger partial charge in [0.1, 0.15) is 17.2 Å². The largest absolute Gasteiger partial charge is 0.367 e. The molecule has 0 amide bonds. The van der Waals surface area contributed by atoms with Crippen LogP contribution in [0.1, 0.15) is 31.3 Å². The first kappa shape index (κ1) is 21.4. The first-order valence-electron chi connectivity index (χ1n) is 10.9. The van der Waals surface area contributed by atoms with Crippen molar-refractivity contribution in [2.75, 3.05) is 0 Å². The summed E-state index contributed by atoms with van der Waals surface area (Å²) in [6, 6.07) is 19.8. The zero-order chi connectivity index (χ0) is 23.1. The van der Waals surface area contributed by atoms with E-state index in [1.165, 1.54) is 11.3 Å². The molecule has 11 heteroatoms. The SMILES string of the molecule is CC1(C)O[C@H]2O[C@H](c3nnnn3-c3nnc(-c4ccccc4)s3)[C@H](OCc3ccccc3)[C@H]2O1. The number of hydrogen-bond acceptors (Lipinski definition) is 10. The molecule has 174 valence electrons.